The maximum Gasteiger partial charge on any atom is 0.416 e. The highest BCUT2D eigenvalue weighted by Gasteiger charge is 2.32. The molecule has 0 bridgehead atoms. The van der Waals surface area contributed by atoms with Crippen molar-refractivity contribution >= 4 is 23.1 Å². The highest BCUT2D eigenvalue weighted by Crippen LogP contribution is 2.35. The molecule has 2 aromatic carbocycles. The summed E-state index contributed by atoms with van der Waals surface area (Å²) in [5, 5.41) is 11.3. The van der Waals surface area contributed by atoms with Crippen LogP contribution in [0, 0.1) is 5.82 Å². The molecule has 0 unspecified atom stereocenters. The molecule has 2 aromatic heterocycles. The molecule has 0 aliphatic carbocycles. The van der Waals surface area contributed by atoms with E-state index in [-0.39, 0.29) is 17.1 Å². The Morgan fingerprint density at radius 1 is 1.00 bits per heavy atom. The average molecular weight is 556 g/mol. The fraction of sp³-hybridized carbons (Fsp3) is 0.222. The van der Waals surface area contributed by atoms with Gasteiger partial charge < -0.3 is 25.2 Å². The van der Waals surface area contributed by atoms with Gasteiger partial charge in [0.15, 0.2) is 0 Å². The van der Waals surface area contributed by atoms with Gasteiger partial charge in [0.2, 0.25) is 0 Å². The lowest BCUT2D eigenvalue weighted by atomic mass is 10.1. The number of benzene rings is 2. The first-order valence-electron chi connectivity index (χ1n) is 12.3. The Bertz CT molecular complexity index is 1490. The number of pyridine rings is 1. The van der Waals surface area contributed by atoms with Crippen LogP contribution in [0.15, 0.2) is 67.1 Å². The number of hydrogen-bond donors (Lipinski definition) is 3. The van der Waals surface area contributed by atoms with Crippen molar-refractivity contribution in [2.75, 3.05) is 48.8 Å². The number of carbonyl (C=O) groups is 1. The Balaban J connectivity index is 1.27. The summed E-state index contributed by atoms with van der Waals surface area (Å²) in [6, 6.07) is 9.59. The normalized spacial score (nSPS) is 14.2. The lowest BCUT2D eigenvalue weighted by molar-refractivity contribution is -0.137. The first kappa shape index (κ1) is 26.9. The molecule has 1 aliphatic rings. The maximum absolute atomic E-state index is 14.8. The Hall–Kier alpha value is -4.65. The fourth-order valence-corrected chi connectivity index (χ4v) is 4.20. The van der Waals surface area contributed by atoms with Gasteiger partial charge in [-0.3, -0.25) is 10.1 Å². The summed E-state index contributed by atoms with van der Waals surface area (Å²) < 4.78 is 61.3. The van der Waals surface area contributed by atoms with Gasteiger partial charge in [-0.2, -0.15) is 18.3 Å². The van der Waals surface area contributed by atoms with Gasteiger partial charge in [0.25, 0.3) is 0 Å². The van der Waals surface area contributed by atoms with Crippen LogP contribution in [0.25, 0.3) is 11.3 Å². The molecule has 3 heterocycles. The number of H-pyrrole nitrogens is 1. The van der Waals surface area contributed by atoms with E-state index in [4.69, 9.17) is 4.74 Å². The molecule has 208 valence electrons. The Labute approximate surface area is 226 Å². The molecule has 0 atom stereocenters. The van der Waals surface area contributed by atoms with Gasteiger partial charge in [-0.05, 0) is 43.4 Å². The predicted octanol–water partition coefficient (Wildman–Crippen LogP) is 5.82. The zero-order valence-corrected chi connectivity index (χ0v) is 21.3. The van der Waals surface area contributed by atoms with E-state index < -0.39 is 23.6 Å². The second kappa shape index (κ2) is 11.2. The van der Waals surface area contributed by atoms with Crippen molar-refractivity contribution in [2.24, 2.45) is 0 Å². The molecule has 4 aromatic rings. The van der Waals surface area contributed by atoms with Crippen molar-refractivity contribution in [1.29, 1.82) is 0 Å². The van der Waals surface area contributed by atoms with Crippen molar-refractivity contribution in [1.82, 2.24) is 20.1 Å². The number of likely N-dealkylation sites (N-methyl/N-ethyl adjacent to an activating group) is 1. The summed E-state index contributed by atoms with van der Waals surface area (Å²) in [4.78, 5) is 20.8. The molecule has 1 aliphatic heterocycles. The number of urea groups is 1. The number of nitrogens with one attached hydrogen (secondary N) is 3. The van der Waals surface area contributed by atoms with Crippen LogP contribution in [0.2, 0.25) is 0 Å². The van der Waals surface area contributed by atoms with E-state index in [1.807, 2.05) is 11.9 Å². The van der Waals surface area contributed by atoms with Crippen LogP contribution in [0.3, 0.4) is 0 Å². The maximum atomic E-state index is 14.8. The standard InChI is InChI=1S/C27H25F4N7O2/c1-37-6-8-38(9-7-37)20-11-18(27(29,30)31)10-19(12-20)35-26(39)36-24-3-2-21(13-23(24)28)40-22-4-5-32-25(14-22)17-15-33-34-16-17/h2-5,10-16H,6-9H2,1H3,(H,33,34)(H2,35,36,39). The number of ether oxygens (including phenoxy) is 1. The average Bonchev–Trinajstić information content (AvgIpc) is 3.45. The van der Waals surface area contributed by atoms with Gasteiger partial charge in [0.1, 0.15) is 17.3 Å². The largest absolute Gasteiger partial charge is 0.457 e. The molecule has 3 N–H and O–H groups in total. The van der Waals surface area contributed by atoms with Crippen LogP contribution >= 0.6 is 0 Å². The van der Waals surface area contributed by atoms with E-state index in [1.165, 1.54) is 24.4 Å². The number of anilines is 3. The van der Waals surface area contributed by atoms with Gasteiger partial charge in [-0.25, -0.2) is 9.18 Å². The molecule has 5 rings (SSSR count). The van der Waals surface area contributed by atoms with Crippen molar-refractivity contribution in [3.63, 3.8) is 0 Å². The third-order valence-electron chi connectivity index (χ3n) is 6.32. The number of halogens is 4. The number of hydrogen-bond acceptors (Lipinski definition) is 6. The van der Waals surface area contributed by atoms with Crippen LogP contribution in [0.1, 0.15) is 5.56 Å². The molecule has 0 radical (unpaired) electrons. The van der Waals surface area contributed by atoms with Gasteiger partial charge in [-0.15, -0.1) is 0 Å². The number of aromatic amines is 1. The van der Waals surface area contributed by atoms with E-state index in [2.05, 4.69) is 30.7 Å². The minimum atomic E-state index is -4.61. The second-order valence-corrected chi connectivity index (χ2v) is 9.24. The number of piperazine rings is 1. The van der Waals surface area contributed by atoms with Crippen molar-refractivity contribution in [3.05, 3.63) is 78.5 Å². The monoisotopic (exact) mass is 555 g/mol. The highest BCUT2D eigenvalue weighted by molar-refractivity contribution is 6.00. The molecule has 13 heteroatoms. The zero-order valence-electron chi connectivity index (χ0n) is 21.3. The van der Waals surface area contributed by atoms with Crippen LogP contribution in [0.4, 0.5) is 39.4 Å². The van der Waals surface area contributed by atoms with E-state index >= 15 is 0 Å². The van der Waals surface area contributed by atoms with E-state index in [0.717, 1.165) is 23.8 Å². The molecular weight excluding hydrogens is 530 g/mol. The number of amides is 2. The first-order chi connectivity index (χ1) is 19.1. The van der Waals surface area contributed by atoms with Crippen molar-refractivity contribution < 1.29 is 27.1 Å². The number of nitrogens with zero attached hydrogens (tertiary/aromatic N) is 4. The smallest absolute Gasteiger partial charge is 0.416 e. The summed E-state index contributed by atoms with van der Waals surface area (Å²) in [5.74, 6) is -0.216. The van der Waals surface area contributed by atoms with Crippen LogP contribution < -0.4 is 20.3 Å². The molecule has 1 fully saturated rings. The summed E-state index contributed by atoms with van der Waals surface area (Å²) in [6.45, 7) is 2.50. The fourth-order valence-electron chi connectivity index (χ4n) is 4.20. The number of carbonyl (C=O) groups excluding carboxylic acids is 1. The first-order valence-corrected chi connectivity index (χ1v) is 12.3. The third-order valence-corrected chi connectivity index (χ3v) is 6.32. The number of aromatic nitrogens is 3. The van der Waals surface area contributed by atoms with E-state index in [9.17, 15) is 22.4 Å². The van der Waals surface area contributed by atoms with E-state index in [1.54, 1.807) is 24.5 Å². The Morgan fingerprint density at radius 3 is 2.48 bits per heavy atom. The molecule has 1 saturated heterocycles. The van der Waals surface area contributed by atoms with Gasteiger partial charge in [0, 0.05) is 67.6 Å². The molecule has 0 saturated carbocycles. The molecule has 40 heavy (non-hydrogen) atoms. The number of rotatable bonds is 6. The third kappa shape index (κ3) is 6.49. The topological polar surface area (TPSA) is 98.4 Å². The van der Waals surface area contributed by atoms with Crippen LogP contribution in [-0.2, 0) is 6.18 Å². The molecule has 2 amide bonds. The summed E-state index contributed by atoms with van der Waals surface area (Å²) in [6.07, 6.45) is 0.205. The minimum absolute atomic E-state index is 0.0623. The molecule has 9 nitrogen and oxygen atoms in total. The Kier molecular flexibility index (Phi) is 7.56. The second-order valence-electron chi connectivity index (χ2n) is 9.24. The summed E-state index contributed by atoms with van der Waals surface area (Å²) in [5.41, 5.74) is 0.570. The van der Waals surface area contributed by atoms with Gasteiger partial charge in [-0.1, -0.05) is 0 Å². The highest BCUT2D eigenvalue weighted by atomic mass is 19.4. The SMILES string of the molecule is CN1CCN(c2cc(NC(=O)Nc3ccc(Oc4ccnc(-c5cn[nH]c5)c4)cc3F)cc(C(F)(F)F)c2)CC1. The van der Waals surface area contributed by atoms with Crippen LogP contribution in [0.5, 0.6) is 11.5 Å². The summed E-state index contributed by atoms with van der Waals surface area (Å²) >= 11 is 0. The number of alkyl halides is 3. The molecular formula is C27H25F4N7O2. The quantitative estimate of drug-likeness (QED) is 0.260. The predicted molar refractivity (Wildman–Crippen MR) is 142 cm³/mol. The van der Waals surface area contributed by atoms with Crippen LogP contribution in [-0.4, -0.2) is 59.3 Å². The van der Waals surface area contributed by atoms with Gasteiger partial charge >= 0.3 is 12.2 Å². The minimum Gasteiger partial charge on any atom is -0.457 e. The van der Waals surface area contributed by atoms with Gasteiger partial charge in [0.05, 0.1) is 23.1 Å². The summed E-state index contributed by atoms with van der Waals surface area (Å²) in [7, 11) is 1.94. The lowest BCUT2D eigenvalue weighted by Crippen LogP contribution is -2.44. The Morgan fingerprint density at radius 2 is 1.77 bits per heavy atom. The zero-order chi connectivity index (χ0) is 28.3. The lowest BCUT2D eigenvalue weighted by Gasteiger charge is -2.34. The van der Waals surface area contributed by atoms with Crippen molar-refractivity contribution in [2.45, 2.75) is 6.18 Å². The van der Waals surface area contributed by atoms with Crippen molar-refractivity contribution in [3.8, 4) is 22.8 Å². The molecule has 0 spiro atoms. The van der Waals surface area contributed by atoms with E-state index in [0.29, 0.717) is 43.3 Å².